The Hall–Kier alpha value is -1.38. The maximum absolute atomic E-state index is 11.0. The number of hydrogen-bond acceptors (Lipinski definition) is 3. The van der Waals surface area contributed by atoms with E-state index in [1.807, 2.05) is 6.08 Å². The summed E-state index contributed by atoms with van der Waals surface area (Å²) < 4.78 is 4.89. The molecule has 1 aliphatic carbocycles. The van der Waals surface area contributed by atoms with Crippen LogP contribution >= 0.6 is 0 Å². The van der Waals surface area contributed by atoms with Crippen LogP contribution in [0.3, 0.4) is 0 Å². The molecule has 3 heteroatoms. The van der Waals surface area contributed by atoms with Crippen molar-refractivity contribution >= 4 is 11.8 Å². The minimum absolute atomic E-state index is 0.0917. The van der Waals surface area contributed by atoms with Crippen molar-refractivity contribution in [2.45, 2.75) is 20.3 Å². The van der Waals surface area contributed by atoms with Crippen molar-refractivity contribution in [3.8, 4) is 0 Å². The van der Waals surface area contributed by atoms with Gasteiger partial charge in [0.25, 0.3) is 0 Å². The van der Waals surface area contributed by atoms with Gasteiger partial charge < -0.3 is 4.74 Å². The highest BCUT2D eigenvalue weighted by atomic mass is 16.5. The summed E-state index contributed by atoms with van der Waals surface area (Å²) in [6, 6.07) is 0. The lowest BCUT2D eigenvalue weighted by Gasteiger charge is -2.14. The van der Waals surface area contributed by atoms with Crippen molar-refractivity contribution in [1.29, 1.82) is 0 Å². The Morgan fingerprint density at radius 3 is 2.69 bits per heavy atom. The Kier molecular flexibility index (Phi) is 3.01. The third-order valence-corrected chi connectivity index (χ3v) is 1.84. The third-order valence-electron chi connectivity index (χ3n) is 1.84. The van der Waals surface area contributed by atoms with E-state index in [-0.39, 0.29) is 17.7 Å². The highest BCUT2D eigenvalue weighted by molar-refractivity contribution is 5.80. The minimum Gasteiger partial charge on any atom is -0.431 e. The number of Topliss-reactive ketones (excluding diaryl/α,β-unsaturated/α-hetero) is 1. The molecule has 3 nitrogen and oxygen atoms in total. The molecule has 0 aliphatic heterocycles. The fraction of sp³-hybridized carbons (Fsp3) is 0.400. The maximum Gasteiger partial charge on any atom is 0.307 e. The van der Waals surface area contributed by atoms with Crippen molar-refractivity contribution in [3.05, 3.63) is 24.0 Å². The number of esters is 1. The molecule has 0 spiro atoms. The summed E-state index contributed by atoms with van der Waals surface area (Å²) in [6.07, 6.45) is 5.76. The molecule has 0 saturated carbocycles. The number of ether oxygens (including phenoxy) is 1. The van der Waals surface area contributed by atoms with Crippen LogP contribution in [0.25, 0.3) is 0 Å². The molecule has 13 heavy (non-hydrogen) atoms. The van der Waals surface area contributed by atoms with Gasteiger partial charge in [0.05, 0.1) is 0 Å². The van der Waals surface area contributed by atoms with E-state index >= 15 is 0 Å². The average Bonchev–Trinajstić information content (AvgIpc) is 2.03. The number of ketones is 1. The third kappa shape index (κ3) is 2.86. The van der Waals surface area contributed by atoms with E-state index in [2.05, 4.69) is 0 Å². The molecule has 1 atom stereocenters. The molecular weight excluding hydrogens is 168 g/mol. The minimum atomic E-state index is -0.344. The van der Waals surface area contributed by atoms with Crippen LogP contribution in [0, 0.1) is 5.92 Å². The van der Waals surface area contributed by atoms with Gasteiger partial charge in [0.2, 0.25) is 0 Å². The Labute approximate surface area is 77.1 Å². The zero-order valence-corrected chi connectivity index (χ0v) is 7.74. The standard InChI is InChI=1S/C10H12O3/c1-7(11)9-4-3-5-10(6-9)13-8(2)12/h3-5,9H,6H2,1-2H3/t9-/m1/s1. The summed E-state index contributed by atoms with van der Waals surface area (Å²) in [7, 11) is 0. The molecule has 0 fully saturated rings. The van der Waals surface area contributed by atoms with Crippen molar-refractivity contribution in [2.24, 2.45) is 5.92 Å². The van der Waals surface area contributed by atoms with E-state index in [0.29, 0.717) is 12.2 Å². The Bertz CT molecular complexity index is 287. The van der Waals surface area contributed by atoms with Gasteiger partial charge in [0.15, 0.2) is 0 Å². The molecule has 0 aromatic heterocycles. The largest absolute Gasteiger partial charge is 0.431 e. The number of hydrogen-bond donors (Lipinski definition) is 0. The zero-order valence-electron chi connectivity index (χ0n) is 7.74. The van der Waals surface area contributed by atoms with Crippen LogP contribution in [0.4, 0.5) is 0 Å². The lowest BCUT2D eigenvalue weighted by atomic mass is 9.96. The van der Waals surface area contributed by atoms with Crippen LogP contribution in [-0.4, -0.2) is 11.8 Å². The first-order chi connectivity index (χ1) is 6.09. The van der Waals surface area contributed by atoms with Crippen LogP contribution in [0.5, 0.6) is 0 Å². The van der Waals surface area contributed by atoms with E-state index in [4.69, 9.17) is 4.74 Å². The summed E-state index contributed by atoms with van der Waals surface area (Å²) in [5.41, 5.74) is 0. The van der Waals surface area contributed by atoms with Gasteiger partial charge >= 0.3 is 5.97 Å². The van der Waals surface area contributed by atoms with E-state index < -0.39 is 0 Å². The summed E-state index contributed by atoms with van der Waals surface area (Å²) in [5.74, 6) is 0.174. The predicted octanol–water partition coefficient (Wildman–Crippen LogP) is 1.60. The second-order valence-electron chi connectivity index (χ2n) is 3.03. The summed E-state index contributed by atoms with van der Waals surface area (Å²) in [4.78, 5) is 21.6. The van der Waals surface area contributed by atoms with Gasteiger partial charge in [-0.2, -0.15) is 0 Å². The van der Waals surface area contributed by atoms with Crippen molar-refractivity contribution in [2.75, 3.05) is 0 Å². The molecule has 1 aliphatic rings. The molecule has 70 valence electrons. The van der Waals surface area contributed by atoms with Crippen LogP contribution in [0.1, 0.15) is 20.3 Å². The fourth-order valence-corrected chi connectivity index (χ4v) is 1.19. The first-order valence-electron chi connectivity index (χ1n) is 4.16. The van der Waals surface area contributed by atoms with Gasteiger partial charge in [-0.15, -0.1) is 0 Å². The van der Waals surface area contributed by atoms with Gasteiger partial charge in [-0.25, -0.2) is 0 Å². The van der Waals surface area contributed by atoms with Crippen molar-refractivity contribution < 1.29 is 14.3 Å². The monoisotopic (exact) mass is 180 g/mol. The first kappa shape index (κ1) is 9.71. The highest BCUT2D eigenvalue weighted by Crippen LogP contribution is 2.20. The quantitative estimate of drug-likeness (QED) is 0.606. The average molecular weight is 180 g/mol. The lowest BCUT2D eigenvalue weighted by molar-refractivity contribution is -0.137. The molecule has 1 rings (SSSR count). The van der Waals surface area contributed by atoms with Crippen molar-refractivity contribution in [3.63, 3.8) is 0 Å². The Balaban J connectivity index is 2.60. The molecule has 0 saturated heterocycles. The molecule has 0 amide bonds. The number of carbonyl (C=O) groups excluding carboxylic acids is 2. The van der Waals surface area contributed by atoms with Gasteiger partial charge in [-0.05, 0) is 13.0 Å². The SMILES string of the molecule is CC(=O)OC1=CC=C[C@@H](C(C)=O)C1. The van der Waals surface area contributed by atoms with Crippen LogP contribution in [0.15, 0.2) is 24.0 Å². The number of carbonyl (C=O) groups is 2. The van der Waals surface area contributed by atoms with Crippen molar-refractivity contribution in [1.82, 2.24) is 0 Å². The normalized spacial score (nSPS) is 20.8. The predicted molar refractivity (Wildman–Crippen MR) is 47.8 cm³/mol. The zero-order chi connectivity index (χ0) is 9.84. The van der Waals surface area contributed by atoms with Gasteiger partial charge in [-0.3, -0.25) is 9.59 Å². The molecule has 0 aromatic carbocycles. The molecule has 0 aromatic rings. The Morgan fingerprint density at radius 1 is 1.46 bits per heavy atom. The summed E-state index contributed by atoms with van der Waals surface area (Å²) >= 11 is 0. The second kappa shape index (κ2) is 4.03. The Morgan fingerprint density at radius 2 is 2.15 bits per heavy atom. The van der Waals surface area contributed by atoms with Gasteiger partial charge in [0, 0.05) is 19.3 Å². The second-order valence-corrected chi connectivity index (χ2v) is 3.03. The van der Waals surface area contributed by atoms with E-state index in [1.54, 1.807) is 12.2 Å². The first-order valence-corrected chi connectivity index (χ1v) is 4.16. The van der Waals surface area contributed by atoms with Gasteiger partial charge in [0.1, 0.15) is 11.5 Å². The molecule has 0 heterocycles. The van der Waals surface area contributed by atoms with Gasteiger partial charge in [-0.1, -0.05) is 12.2 Å². The van der Waals surface area contributed by atoms with E-state index in [1.165, 1.54) is 13.8 Å². The number of rotatable bonds is 2. The molecule has 0 N–H and O–H groups in total. The van der Waals surface area contributed by atoms with E-state index in [0.717, 1.165) is 0 Å². The maximum atomic E-state index is 11.0. The van der Waals surface area contributed by atoms with Crippen LogP contribution in [0.2, 0.25) is 0 Å². The molecule has 0 radical (unpaired) electrons. The fourth-order valence-electron chi connectivity index (χ4n) is 1.19. The summed E-state index contributed by atoms with van der Waals surface area (Å²) in [6.45, 7) is 2.88. The molecule has 0 bridgehead atoms. The number of allylic oxidation sites excluding steroid dienone is 4. The van der Waals surface area contributed by atoms with Crippen LogP contribution < -0.4 is 0 Å². The molecule has 0 unspecified atom stereocenters. The molecular formula is C10H12O3. The lowest BCUT2D eigenvalue weighted by Crippen LogP contribution is -2.13. The summed E-state index contributed by atoms with van der Waals surface area (Å²) in [5, 5.41) is 0. The van der Waals surface area contributed by atoms with Crippen LogP contribution in [-0.2, 0) is 14.3 Å². The smallest absolute Gasteiger partial charge is 0.307 e. The topological polar surface area (TPSA) is 43.4 Å². The van der Waals surface area contributed by atoms with E-state index in [9.17, 15) is 9.59 Å². The highest BCUT2D eigenvalue weighted by Gasteiger charge is 2.17.